The summed E-state index contributed by atoms with van der Waals surface area (Å²) in [4.78, 5) is 5.65. The summed E-state index contributed by atoms with van der Waals surface area (Å²) < 4.78 is 0. The molecule has 1 heterocycles. The van der Waals surface area contributed by atoms with Gasteiger partial charge in [-0.3, -0.25) is 0 Å². The fourth-order valence-corrected chi connectivity index (χ4v) is 2.93. The second-order valence-corrected chi connectivity index (χ2v) is 5.95. The molecule has 2 N–H and O–H groups in total. The Kier molecular flexibility index (Phi) is 3.73. The van der Waals surface area contributed by atoms with Gasteiger partial charge in [-0.2, -0.15) is 0 Å². The van der Waals surface area contributed by atoms with Gasteiger partial charge in [0.05, 0.1) is 16.8 Å². The number of rotatable bonds is 2. The van der Waals surface area contributed by atoms with Crippen LogP contribution in [0.3, 0.4) is 0 Å². The van der Waals surface area contributed by atoms with E-state index in [0.717, 1.165) is 21.1 Å². The van der Waals surface area contributed by atoms with Crippen LogP contribution in [0.2, 0.25) is 10.0 Å². The molecule has 0 spiro atoms. The molecule has 0 fully saturated rings. The standard InChI is InChI=1S/C12H12Cl2N2S/c1-6(15)12-16-11(7(2)17-12)9-4-3-8(13)5-10(9)14/h3-6H,15H2,1-2H3. The summed E-state index contributed by atoms with van der Waals surface area (Å²) in [7, 11) is 0. The normalized spacial score (nSPS) is 12.8. The van der Waals surface area contributed by atoms with Crippen LogP contribution >= 0.6 is 34.5 Å². The number of aromatic nitrogens is 1. The van der Waals surface area contributed by atoms with Gasteiger partial charge in [-0.25, -0.2) is 4.98 Å². The molecule has 0 saturated carbocycles. The maximum atomic E-state index is 6.17. The number of halogens is 2. The van der Waals surface area contributed by atoms with Gasteiger partial charge in [0.1, 0.15) is 5.01 Å². The Labute approximate surface area is 114 Å². The van der Waals surface area contributed by atoms with E-state index < -0.39 is 0 Å². The van der Waals surface area contributed by atoms with E-state index in [1.807, 2.05) is 26.0 Å². The number of nitrogens with zero attached hydrogens (tertiary/aromatic N) is 1. The molecule has 0 bridgehead atoms. The molecular formula is C12H12Cl2N2S. The summed E-state index contributed by atoms with van der Waals surface area (Å²) in [5.74, 6) is 0. The third-order valence-electron chi connectivity index (χ3n) is 2.39. The number of hydrogen-bond donors (Lipinski definition) is 1. The molecule has 2 aromatic rings. The minimum Gasteiger partial charge on any atom is -0.322 e. The highest BCUT2D eigenvalue weighted by molar-refractivity contribution is 7.12. The van der Waals surface area contributed by atoms with E-state index in [1.165, 1.54) is 0 Å². The molecule has 0 saturated heterocycles. The zero-order valence-corrected chi connectivity index (χ0v) is 11.8. The average Bonchev–Trinajstić information content (AvgIpc) is 2.61. The molecule has 90 valence electrons. The highest BCUT2D eigenvalue weighted by Crippen LogP contribution is 2.35. The maximum Gasteiger partial charge on any atom is 0.110 e. The minimum absolute atomic E-state index is 0.0569. The lowest BCUT2D eigenvalue weighted by molar-refractivity contribution is 0.808. The van der Waals surface area contributed by atoms with Crippen LogP contribution in [0.25, 0.3) is 11.3 Å². The van der Waals surface area contributed by atoms with Crippen LogP contribution in [-0.4, -0.2) is 4.98 Å². The molecule has 0 aliphatic rings. The summed E-state index contributed by atoms with van der Waals surface area (Å²) in [5.41, 5.74) is 7.62. The van der Waals surface area contributed by atoms with Gasteiger partial charge in [-0.05, 0) is 32.0 Å². The number of hydrogen-bond acceptors (Lipinski definition) is 3. The number of nitrogens with two attached hydrogens (primary N) is 1. The zero-order chi connectivity index (χ0) is 12.6. The van der Waals surface area contributed by atoms with Crippen LogP contribution in [0.4, 0.5) is 0 Å². The van der Waals surface area contributed by atoms with Crippen molar-refractivity contribution >= 4 is 34.5 Å². The van der Waals surface area contributed by atoms with Crippen LogP contribution in [0.5, 0.6) is 0 Å². The van der Waals surface area contributed by atoms with Crippen LogP contribution in [0, 0.1) is 6.92 Å². The van der Waals surface area contributed by atoms with Crippen LogP contribution < -0.4 is 5.73 Å². The van der Waals surface area contributed by atoms with Crippen LogP contribution in [0.1, 0.15) is 22.9 Å². The Hall–Kier alpha value is -0.610. The first-order valence-corrected chi connectivity index (χ1v) is 6.74. The monoisotopic (exact) mass is 286 g/mol. The summed E-state index contributed by atoms with van der Waals surface area (Å²) in [6.07, 6.45) is 0. The first kappa shape index (κ1) is 12.8. The van der Waals surface area contributed by atoms with Crippen molar-refractivity contribution in [2.45, 2.75) is 19.9 Å². The molecule has 1 unspecified atom stereocenters. The predicted molar refractivity (Wildman–Crippen MR) is 74.9 cm³/mol. The number of thiazole rings is 1. The van der Waals surface area contributed by atoms with E-state index in [2.05, 4.69) is 4.98 Å². The van der Waals surface area contributed by atoms with Gasteiger partial charge >= 0.3 is 0 Å². The number of aryl methyl sites for hydroxylation is 1. The summed E-state index contributed by atoms with van der Waals surface area (Å²) in [5, 5.41) is 2.16. The second kappa shape index (κ2) is 4.94. The molecule has 0 aliphatic carbocycles. The van der Waals surface area contributed by atoms with Crippen LogP contribution in [-0.2, 0) is 0 Å². The molecule has 1 aromatic carbocycles. The third kappa shape index (κ3) is 2.63. The third-order valence-corrected chi connectivity index (χ3v) is 4.11. The van der Waals surface area contributed by atoms with Gasteiger partial charge in [0, 0.05) is 15.5 Å². The largest absolute Gasteiger partial charge is 0.322 e. The van der Waals surface area contributed by atoms with Crippen molar-refractivity contribution in [3.05, 3.63) is 38.1 Å². The predicted octanol–water partition coefficient (Wildman–Crippen LogP) is 4.45. The molecule has 0 radical (unpaired) electrons. The highest BCUT2D eigenvalue weighted by atomic mass is 35.5. The Morgan fingerprint density at radius 3 is 2.59 bits per heavy atom. The van der Waals surface area contributed by atoms with E-state index in [4.69, 9.17) is 28.9 Å². The lowest BCUT2D eigenvalue weighted by Crippen LogP contribution is -2.03. The van der Waals surface area contributed by atoms with Crippen molar-refractivity contribution in [3.63, 3.8) is 0 Å². The van der Waals surface area contributed by atoms with Gasteiger partial charge in [-0.15, -0.1) is 11.3 Å². The highest BCUT2D eigenvalue weighted by Gasteiger charge is 2.14. The van der Waals surface area contributed by atoms with Crippen molar-refractivity contribution in [2.75, 3.05) is 0 Å². The van der Waals surface area contributed by atoms with E-state index in [9.17, 15) is 0 Å². The second-order valence-electron chi connectivity index (χ2n) is 3.87. The van der Waals surface area contributed by atoms with Crippen molar-refractivity contribution in [2.24, 2.45) is 5.73 Å². The Morgan fingerprint density at radius 1 is 1.35 bits per heavy atom. The zero-order valence-electron chi connectivity index (χ0n) is 9.50. The molecule has 2 nitrogen and oxygen atoms in total. The molecule has 5 heteroatoms. The van der Waals surface area contributed by atoms with Crippen molar-refractivity contribution in [1.29, 1.82) is 0 Å². The van der Waals surface area contributed by atoms with Gasteiger partial charge in [-0.1, -0.05) is 23.2 Å². The average molecular weight is 287 g/mol. The first-order chi connectivity index (χ1) is 7.99. The first-order valence-electron chi connectivity index (χ1n) is 5.17. The molecule has 1 atom stereocenters. The topological polar surface area (TPSA) is 38.9 Å². The molecule has 0 amide bonds. The van der Waals surface area contributed by atoms with Gasteiger partial charge in [0.2, 0.25) is 0 Å². The molecule has 1 aromatic heterocycles. The molecule has 2 rings (SSSR count). The Bertz CT molecular complexity index is 549. The van der Waals surface area contributed by atoms with E-state index >= 15 is 0 Å². The summed E-state index contributed by atoms with van der Waals surface area (Å²) in [6.45, 7) is 3.94. The lowest BCUT2D eigenvalue weighted by Gasteiger charge is -2.02. The van der Waals surface area contributed by atoms with Gasteiger partial charge in [0.25, 0.3) is 0 Å². The summed E-state index contributed by atoms with van der Waals surface area (Å²) in [6, 6.07) is 5.37. The molecule has 0 aliphatic heterocycles. The van der Waals surface area contributed by atoms with E-state index in [0.29, 0.717) is 10.0 Å². The van der Waals surface area contributed by atoms with Crippen LogP contribution in [0.15, 0.2) is 18.2 Å². The molecule has 17 heavy (non-hydrogen) atoms. The fourth-order valence-electron chi connectivity index (χ4n) is 1.54. The SMILES string of the molecule is Cc1sc(C(C)N)nc1-c1ccc(Cl)cc1Cl. The van der Waals surface area contributed by atoms with Crippen molar-refractivity contribution in [1.82, 2.24) is 4.98 Å². The molecular weight excluding hydrogens is 275 g/mol. The Morgan fingerprint density at radius 2 is 2.06 bits per heavy atom. The van der Waals surface area contributed by atoms with Gasteiger partial charge < -0.3 is 5.73 Å². The Balaban J connectivity index is 2.52. The van der Waals surface area contributed by atoms with E-state index in [-0.39, 0.29) is 6.04 Å². The fraction of sp³-hybridized carbons (Fsp3) is 0.250. The van der Waals surface area contributed by atoms with Crippen molar-refractivity contribution < 1.29 is 0 Å². The van der Waals surface area contributed by atoms with Gasteiger partial charge in [0.15, 0.2) is 0 Å². The number of benzene rings is 1. The smallest absolute Gasteiger partial charge is 0.110 e. The minimum atomic E-state index is -0.0569. The summed E-state index contributed by atoms with van der Waals surface area (Å²) >= 11 is 13.7. The maximum absolute atomic E-state index is 6.17. The van der Waals surface area contributed by atoms with Crippen molar-refractivity contribution in [3.8, 4) is 11.3 Å². The lowest BCUT2D eigenvalue weighted by atomic mass is 10.1. The van der Waals surface area contributed by atoms with E-state index in [1.54, 1.807) is 17.4 Å². The quantitative estimate of drug-likeness (QED) is 0.886.